The maximum absolute atomic E-state index is 5.79. The first-order chi connectivity index (χ1) is 14.3. The molecule has 1 aliphatic heterocycles. The van der Waals surface area contributed by atoms with E-state index in [9.17, 15) is 0 Å². The van der Waals surface area contributed by atoms with Gasteiger partial charge in [0.1, 0.15) is 11.5 Å². The van der Waals surface area contributed by atoms with Crippen molar-refractivity contribution in [2.45, 2.75) is 32.2 Å². The summed E-state index contributed by atoms with van der Waals surface area (Å²) in [6.45, 7) is 4.22. The number of ether oxygens (including phenoxy) is 1. The van der Waals surface area contributed by atoms with Crippen LogP contribution >= 0.6 is 35.3 Å². The first-order valence-electron chi connectivity index (χ1n) is 9.98. The molecule has 0 aliphatic carbocycles. The Morgan fingerprint density at radius 2 is 2.13 bits per heavy atom. The SMILES string of the molecule is Cc1cnc(CCN=C(NCCc2ccco2)NC2CCOc3ccccc32)s1.I. The van der Waals surface area contributed by atoms with Gasteiger partial charge in [0.15, 0.2) is 5.96 Å². The summed E-state index contributed by atoms with van der Waals surface area (Å²) in [5.74, 6) is 2.72. The number of para-hydroxylation sites is 1. The predicted octanol–water partition coefficient (Wildman–Crippen LogP) is 4.51. The second-order valence-electron chi connectivity index (χ2n) is 6.97. The van der Waals surface area contributed by atoms with Crippen molar-refractivity contribution in [3.63, 3.8) is 0 Å². The molecule has 0 spiro atoms. The maximum atomic E-state index is 5.79. The number of halogens is 1. The molecule has 2 N–H and O–H groups in total. The summed E-state index contributed by atoms with van der Waals surface area (Å²) in [6, 6.07) is 12.3. The van der Waals surface area contributed by atoms with Gasteiger partial charge in [-0.25, -0.2) is 4.98 Å². The Morgan fingerprint density at radius 1 is 1.23 bits per heavy atom. The second kappa shape index (κ2) is 11.4. The van der Waals surface area contributed by atoms with Crippen LogP contribution in [0.25, 0.3) is 0 Å². The average molecular weight is 538 g/mol. The van der Waals surface area contributed by atoms with E-state index in [0.717, 1.165) is 48.3 Å². The Balaban J connectivity index is 0.00000256. The van der Waals surface area contributed by atoms with Crippen molar-refractivity contribution in [3.8, 4) is 5.75 Å². The molecule has 4 rings (SSSR count). The summed E-state index contributed by atoms with van der Waals surface area (Å²) in [5, 5.41) is 8.17. The zero-order valence-electron chi connectivity index (χ0n) is 17.0. The third-order valence-corrected chi connectivity index (χ3v) is 5.75. The zero-order chi connectivity index (χ0) is 19.9. The Morgan fingerprint density at radius 3 is 2.93 bits per heavy atom. The first kappa shape index (κ1) is 22.6. The number of hydrogen-bond acceptors (Lipinski definition) is 5. The summed E-state index contributed by atoms with van der Waals surface area (Å²) in [4.78, 5) is 10.5. The van der Waals surface area contributed by atoms with Gasteiger partial charge in [0, 0.05) is 49.0 Å². The van der Waals surface area contributed by atoms with Crippen molar-refractivity contribution >= 4 is 41.3 Å². The highest BCUT2D eigenvalue weighted by molar-refractivity contribution is 14.0. The number of rotatable bonds is 7. The van der Waals surface area contributed by atoms with Crippen LogP contribution in [0.4, 0.5) is 0 Å². The van der Waals surface area contributed by atoms with Crippen LogP contribution in [0.2, 0.25) is 0 Å². The molecule has 160 valence electrons. The molecule has 0 fully saturated rings. The lowest BCUT2D eigenvalue weighted by molar-refractivity contribution is 0.261. The quantitative estimate of drug-likeness (QED) is 0.263. The van der Waals surface area contributed by atoms with Crippen LogP contribution in [0.15, 0.2) is 58.3 Å². The number of aryl methyl sites for hydroxylation is 1. The molecule has 30 heavy (non-hydrogen) atoms. The highest BCUT2D eigenvalue weighted by Crippen LogP contribution is 2.31. The molecule has 1 atom stereocenters. The molecule has 6 nitrogen and oxygen atoms in total. The van der Waals surface area contributed by atoms with Crippen LogP contribution in [0.3, 0.4) is 0 Å². The molecule has 1 aliphatic rings. The van der Waals surface area contributed by atoms with Crippen LogP contribution < -0.4 is 15.4 Å². The fourth-order valence-electron chi connectivity index (χ4n) is 3.35. The zero-order valence-corrected chi connectivity index (χ0v) is 20.1. The van der Waals surface area contributed by atoms with Gasteiger partial charge in [-0.2, -0.15) is 0 Å². The topological polar surface area (TPSA) is 71.7 Å². The summed E-state index contributed by atoms with van der Waals surface area (Å²) in [7, 11) is 0. The standard InChI is InChI=1S/C22H26N4O2S.HI/c1-16-15-25-21(29-16)9-12-24-22(23-11-8-17-5-4-13-27-17)26-19-10-14-28-20-7-3-2-6-18(19)20;/h2-7,13,15,19H,8-12,14H2,1H3,(H2,23,24,26);1H. The van der Waals surface area contributed by atoms with Crippen molar-refractivity contribution < 1.29 is 9.15 Å². The monoisotopic (exact) mass is 538 g/mol. The van der Waals surface area contributed by atoms with E-state index in [-0.39, 0.29) is 30.0 Å². The fourth-order valence-corrected chi connectivity index (χ4v) is 4.12. The maximum Gasteiger partial charge on any atom is 0.191 e. The van der Waals surface area contributed by atoms with Gasteiger partial charge >= 0.3 is 0 Å². The molecule has 3 aromatic rings. The Bertz CT molecular complexity index is 942. The number of guanidine groups is 1. The van der Waals surface area contributed by atoms with E-state index in [1.165, 1.54) is 10.4 Å². The van der Waals surface area contributed by atoms with Gasteiger partial charge in [0.05, 0.1) is 23.9 Å². The van der Waals surface area contributed by atoms with Crippen LogP contribution in [-0.4, -0.2) is 30.6 Å². The van der Waals surface area contributed by atoms with Crippen molar-refractivity contribution in [1.82, 2.24) is 15.6 Å². The number of thiazole rings is 1. The highest BCUT2D eigenvalue weighted by Gasteiger charge is 2.21. The lowest BCUT2D eigenvalue weighted by Gasteiger charge is -2.28. The Kier molecular flexibility index (Phi) is 8.56. The third kappa shape index (κ3) is 6.21. The lowest BCUT2D eigenvalue weighted by Crippen LogP contribution is -2.42. The predicted molar refractivity (Wildman–Crippen MR) is 131 cm³/mol. The van der Waals surface area contributed by atoms with E-state index in [4.69, 9.17) is 14.1 Å². The van der Waals surface area contributed by atoms with Gasteiger partial charge in [0.2, 0.25) is 0 Å². The normalized spacial score (nSPS) is 15.6. The van der Waals surface area contributed by atoms with Gasteiger partial charge in [0.25, 0.3) is 0 Å². The third-order valence-electron chi connectivity index (χ3n) is 4.78. The molecule has 2 aromatic heterocycles. The van der Waals surface area contributed by atoms with Crippen LogP contribution in [-0.2, 0) is 12.8 Å². The summed E-state index contributed by atoms with van der Waals surface area (Å²) in [5.41, 5.74) is 1.18. The number of furan rings is 1. The molecular weight excluding hydrogens is 511 g/mol. The molecule has 3 heterocycles. The molecule has 1 unspecified atom stereocenters. The van der Waals surface area contributed by atoms with Gasteiger partial charge < -0.3 is 19.8 Å². The molecule has 0 bridgehead atoms. The second-order valence-corrected chi connectivity index (χ2v) is 8.29. The fraction of sp³-hybridized carbons (Fsp3) is 0.364. The minimum Gasteiger partial charge on any atom is -0.493 e. The van der Waals surface area contributed by atoms with E-state index < -0.39 is 0 Å². The van der Waals surface area contributed by atoms with Crippen LogP contribution in [0.5, 0.6) is 5.75 Å². The van der Waals surface area contributed by atoms with E-state index >= 15 is 0 Å². The molecule has 8 heteroatoms. The number of benzene rings is 1. The van der Waals surface area contributed by atoms with Gasteiger partial charge in [-0.05, 0) is 25.1 Å². The summed E-state index contributed by atoms with van der Waals surface area (Å²) < 4.78 is 11.2. The van der Waals surface area contributed by atoms with Crippen LogP contribution in [0, 0.1) is 6.92 Å². The van der Waals surface area contributed by atoms with E-state index in [2.05, 4.69) is 28.6 Å². The number of nitrogens with one attached hydrogen (secondary N) is 2. The first-order valence-corrected chi connectivity index (χ1v) is 10.8. The summed E-state index contributed by atoms with van der Waals surface area (Å²) in [6.07, 6.45) is 6.18. The molecule has 0 saturated heterocycles. The average Bonchev–Trinajstić information content (AvgIpc) is 3.40. The number of nitrogens with zero attached hydrogens (tertiary/aromatic N) is 2. The highest BCUT2D eigenvalue weighted by atomic mass is 127. The lowest BCUT2D eigenvalue weighted by atomic mass is 10.0. The van der Waals surface area contributed by atoms with E-state index in [1.807, 2.05) is 36.5 Å². The van der Waals surface area contributed by atoms with Crippen molar-refractivity contribution in [3.05, 3.63) is 70.1 Å². The van der Waals surface area contributed by atoms with Gasteiger partial charge in [-0.3, -0.25) is 4.99 Å². The molecule has 1 aromatic carbocycles. The van der Waals surface area contributed by atoms with Crippen molar-refractivity contribution in [2.24, 2.45) is 4.99 Å². The molecule has 0 radical (unpaired) electrons. The van der Waals surface area contributed by atoms with Crippen molar-refractivity contribution in [2.75, 3.05) is 19.7 Å². The summed E-state index contributed by atoms with van der Waals surface area (Å²) >= 11 is 1.73. The Hall–Kier alpha value is -2.07. The largest absolute Gasteiger partial charge is 0.493 e. The molecule has 0 amide bonds. The Labute approximate surface area is 198 Å². The number of aliphatic imine (C=N–C) groups is 1. The van der Waals surface area contributed by atoms with Gasteiger partial charge in [-0.15, -0.1) is 35.3 Å². The van der Waals surface area contributed by atoms with Gasteiger partial charge in [-0.1, -0.05) is 18.2 Å². The van der Waals surface area contributed by atoms with E-state index in [1.54, 1.807) is 17.6 Å². The number of aromatic nitrogens is 1. The van der Waals surface area contributed by atoms with Crippen molar-refractivity contribution in [1.29, 1.82) is 0 Å². The number of fused-ring (bicyclic) bond motifs is 1. The minimum atomic E-state index is 0. The van der Waals surface area contributed by atoms with E-state index in [0.29, 0.717) is 13.2 Å². The molecule has 0 saturated carbocycles. The molecular formula is C22H27IN4O2S. The minimum absolute atomic E-state index is 0. The smallest absolute Gasteiger partial charge is 0.191 e. The number of hydrogen-bond donors (Lipinski definition) is 2. The van der Waals surface area contributed by atoms with Crippen LogP contribution in [0.1, 0.15) is 33.7 Å².